The first kappa shape index (κ1) is 15.2. The molecule has 2 aromatic carbocycles. The normalized spacial score (nSPS) is 10.3. The molecule has 0 amide bonds. The van der Waals surface area contributed by atoms with Crippen molar-refractivity contribution in [2.24, 2.45) is 5.73 Å². The minimum absolute atomic E-state index is 0.340. The van der Waals surface area contributed by atoms with E-state index in [0.29, 0.717) is 16.6 Å². The number of benzene rings is 2. The van der Waals surface area contributed by atoms with Crippen LogP contribution in [0.25, 0.3) is 0 Å². The molecule has 20 heavy (non-hydrogen) atoms. The first-order valence-electron chi connectivity index (χ1n) is 5.96. The van der Waals surface area contributed by atoms with Crippen molar-refractivity contribution in [3.8, 4) is 5.75 Å². The molecule has 2 nitrogen and oxygen atoms in total. The third-order valence-corrected chi connectivity index (χ3v) is 4.15. The molecule has 2 rings (SSSR count). The fourth-order valence-electron chi connectivity index (χ4n) is 1.71. The number of hydrogen-bond donors (Lipinski definition) is 1. The zero-order valence-electron chi connectivity index (χ0n) is 10.9. The van der Waals surface area contributed by atoms with Gasteiger partial charge in [0, 0.05) is 21.0 Å². The van der Waals surface area contributed by atoms with Gasteiger partial charge in [0.15, 0.2) is 0 Å². The van der Waals surface area contributed by atoms with Gasteiger partial charge in [0.25, 0.3) is 0 Å². The fraction of sp³-hybridized carbons (Fsp3) is 0.133. The molecule has 0 radical (unpaired) electrons. The van der Waals surface area contributed by atoms with Crippen molar-refractivity contribution in [3.63, 3.8) is 0 Å². The molecule has 2 aromatic rings. The Hall–Kier alpha value is -1.23. The molecular formula is C15H14ClNOS2. The maximum atomic E-state index is 6.21. The highest BCUT2D eigenvalue weighted by Gasteiger charge is 2.06. The average Bonchev–Trinajstić information content (AvgIpc) is 2.46. The zero-order chi connectivity index (χ0) is 14.5. The minimum Gasteiger partial charge on any atom is -0.488 e. The van der Waals surface area contributed by atoms with Gasteiger partial charge in [0.1, 0.15) is 17.3 Å². The van der Waals surface area contributed by atoms with Crippen molar-refractivity contribution in [2.45, 2.75) is 11.5 Å². The van der Waals surface area contributed by atoms with Gasteiger partial charge < -0.3 is 10.5 Å². The van der Waals surface area contributed by atoms with Crippen LogP contribution in [0.15, 0.2) is 47.4 Å². The molecule has 0 saturated carbocycles. The lowest BCUT2D eigenvalue weighted by atomic mass is 10.1. The summed E-state index contributed by atoms with van der Waals surface area (Å²) in [5.74, 6) is 0.856. The van der Waals surface area contributed by atoms with E-state index in [1.54, 1.807) is 17.8 Å². The molecule has 0 aliphatic carbocycles. The van der Waals surface area contributed by atoms with Crippen molar-refractivity contribution >= 4 is 40.6 Å². The van der Waals surface area contributed by atoms with Crippen LogP contribution in [0.4, 0.5) is 0 Å². The van der Waals surface area contributed by atoms with Crippen molar-refractivity contribution in [1.82, 2.24) is 0 Å². The van der Waals surface area contributed by atoms with Crippen LogP contribution < -0.4 is 10.5 Å². The molecule has 0 aliphatic heterocycles. The summed E-state index contributed by atoms with van der Waals surface area (Å²) >= 11 is 12.8. The van der Waals surface area contributed by atoms with Crippen LogP contribution in [0.1, 0.15) is 11.1 Å². The summed E-state index contributed by atoms with van der Waals surface area (Å²) in [7, 11) is 0. The standard InChI is InChI=1S/C15H14ClNOS2/c1-20-14-5-3-2-4-13(14)18-9-11-7-6-10(15(17)19)8-12(11)16/h2-8H,9H2,1H3,(H2,17,19). The Kier molecular flexibility index (Phi) is 5.29. The van der Waals surface area contributed by atoms with Gasteiger partial charge in [0.2, 0.25) is 0 Å². The minimum atomic E-state index is 0.340. The Labute approximate surface area is 133 Å². The van der Waals surface area contributed by atoms with Crippen LogP contribution in [0, 0.1) is 0 Å². The summed E-state index contributed by atoms with van der Waals surface area (Å²) in [6, 6.07) is 13.4. The summed E-state index contributed by atoms with van der Waals surface area (Å²) in [6.45, 7) is 0.411. The molecule has 0 atom stereocenters. The van der Waals surface area contributed by atoms with Crippen molar-refractivity contribution < 1.29 is 4.74 Å². The molecule has 0 aliphatic rings. The lowest BCUT2D eigenvalue weighted by Crippen LogP contribution is -2.09. The SMILES string of the molecule is CSc1ccccc1OCc1ccc(C(N)=S)cc1Cl. The summed E-state index contributed by atoms with van der Waals surface area (Å²) in [5, 5.41) is 0.608. The second-order valence-electron chi connectivity index (χ2n) is 4.11. The Bertz CT molecular complexity index is 631. The van der Waals surface area contributed by atoms with E-state index < -0.39 is 0 Å². The van der Waals surface area contributed by atoms with Crippen LogP contribution >= 0.6 is 35.6 Å². The highest BCUT2D eigenvalue weighted by molar-refractivity contribution is 7.98. The van der Waals surface area contributed by atoms with Crippen molar-refractivity contribution in [1.29, 1.82) is 0 Å². The van der Waals surface area contributed by atoms with Gasteiger partial charge >= 0.3 is 0 Å². The van der Waals surface area contributed by atoms with E-state index in [0.717, 1.165) is 21.8 Å². The number of thiocarbonyl (C=S) groups is 1. The van der Waals surface area contributed by atoms with Gasteiger partial charge in [-0.1, -0.05) is 48.1 Å². The Balaban J connectivity index is 2.13. The lowest BCUT2D eigenvalue weighted by Gasteiger charge is -2.11. The topological polar surface area (TPSA) is 35.2 Å². The number of hydrogen-bond acceptors (Lipinski definition) is 3. The second kappa shape index (κ2) is 6.97. The maximum absolute atomic E-state index is 6.21. The highest BCUT2D eigenvalue weighted by Crippen LogP contribution is 2.28. The Morgan fingerprint density at radius 3 is 2.70 bits per heavy atom. The van der Waals surface area contributed by atoms with E-state index in [9.17, 15) is 0 Å². The number of halogens is 1. The number of thioether (sulfide) groups is 1. The number of nitrogens with two attached hydrogens (primary N) is 1. The van der Waals surface area contributed by atoms with Crippen LogP contribution in [-0.2, 0) is 6.61 Å². The summed E-state index contributed by atoms with van der Waals surface area (Å²) in [4.78, 5) is 1.44. The van der Waals surface area contributed by atoms with Gasteiger partial charge in [-0.2, -0.15) is 0 Å². The Morgan fingerprint density at radius 2 is 2.05 bits per heavy atom. The van der Waals surface area contributed by atoms with Gasteiger partial charge in [-0.05, 0) is 24.5 Å². The molecule has 0 saturated heterocycles. The number of rotatable bonds is 5. The first-order chi connectivity index (χ1) is 9.61. The molecular weight excluding hydrogens is 310 g/mol. The molecule has 0 unspecified atom stereocenters. The van der Waals surface area contributed by atoms with E-state index in [1.807, 2.05) is 42.7 Å². The van der Waals surface area contributed by atoms with Gasteiger partial charge in [-0.15, -0.1) is 11.8 Å². The molecule has 5 heteroatoms. The number of ether oxygens (including phenoxy) is 1. The third-order valence-electron chi connectivity index (χ3n) is 2.79. The highest BCUT2D eigenvalue weighted by atomic mass is 35.5. The predicted molar refractivity (Wildman–Crippen MR) is 89.9 cm³/mol. The summed E-state index contributed by atoms with van der Waals surface area (Å²) < 4.78 is 5.83. The summed E-state index contributed by atoms with van der Waals surface area (Å²) in [6.07, 6.45) is 2.02. The van der Waals surface area contributed by atoms with Crippen LogP contribution in [0.2, 0.25) is 5.02 Å². The maximum Gasteiger partial charge on any atom is 0.133 e. The van der Waals surface area contributed by atoms with Crippen LogP contribution in [-0.4, -0.2) is 11.2 Å². The molecule has 0 heterocycles. The second-order valence-corrected chi connectivity index (χ2v) is 5.81. The predicted octanol–water partition coefficient (Wildman–Crippen LogP) is 4.28. The average molecular weight is 324 g/mol. The van der Waals surface area contributed by atoms with E-state index >= 15 is 0 Å². The molecule has 0 spiro atoms. The van der Waals surface area contributed by atoms with Crippen LogP contribution in [0.3, 0.4) is 0 Å². The zero-order valence-corrected chi connectivity index (χ0v) is 13.3. The van der Waals surface area contributed by atoms with Crippen LogP contribution in [0.5, 0.6) is 5.75 Å². The van der Waals surface area contributed by atoms with Crippen molar-refractivity contribution in [2.75, 3.05) is 6.26 Å². The smallest absolute Gasteiger partial charge is 0.133 e. The lowest BCUT2D eigenvalue weighted by molar-refractivity contribution is 0.299. The van der Waals surface area contributed by atoms with E-state index in [1.165, 1.54) is 0 Å². The number of para-hydroxylation sites is 1. The quantitative estimate of drug-likeness (QED) is 0.658. The van der Waals surface area contributed by atoms with Gasteiger partial charge in [-0.3, -0.25) is 0 Å². The molecule has 2 N–H and O–H groups in total. The molecule has 0 aromatic heterocycles. The fourth-order valence-corrected chi connectivity index (χ4v) is 2.62. The monoisotopic (exact) mass is 323 g/mol. The third kappa shape index (κ3) is 3.66. The Morgan fingerprint density at radius 1 is 1.30 bits per heavy atom. The first-order valence-corrected chi connectivity index (χ1v) is 7.97. The van der Waals surface area contributed by atoms with Gasteiger partial charge in [-0.25, -0.2) is 0 Å². The van der Waals surface area contributed by atoms with E-state index in [-0.39, 0.29) is 0 Å². The molecule has 0 fully saturated rings. The molecule has 0 bridgehead atoms. The van der Waals surface area contributed by atoms with Crippen molar-refractivity contribution in [3.05, 3.63) is 58.6 Å². The largest absolute Gasteiger partial charge is 0.488 e. The summed E-state index contributed by atoms with van der Waals surface area (Å²) in [5.41, 5.74) is 7.24. The van der Waals surface area contributed by atoms with Gasteiger partial charge in [0.05, 0.1) is 0 Å². The molecule has 104 valence electrons. The van der Waals surface area contributed by atoms with E-state index in [2.05, 4.69) is 0 Å². The van der Waals surface area contributed by atoms with E-state index in [4.69, 9.17) is 34.3 Å².